The van der Waals surface area contributed by atoms with Crippen molar-refractivity contribution in [1.29, 1.82) is 0 Å². The van der Waals surface area contributed by atoms with Crippen molar-refractivity contribution in [2.45, 2.75) is 25.9 Å². The zero-order chi connectivity index (χ0) is 20.7. The molecule has 6 heteroatoms. The first-order valence-corrected chi connectivity index (χ1v) is 10.8. The van der Waals surface area contributed by atoms with Gasteiger partial charge in [-0.25, -0.2) is 0 Å². The molecule has 0 saturated carbocycles. The van der Waals surface area contributed by atoms with Crippen molar-refractivity contribution in [2.75, 3.05) is 19.6 Å². The van der Waals surface area contributed by atoms with Gasteiger partial charge >= 0.3 is 0 Å². The summed E-state index contributed by atoms with van der Waals surface area (Å²) in [5, 5.41) is 5.37. The van der Waals surface area contributed by atoms with Gasteiger partial charge in [-0.3, -0.25) is 14.6 Å². The van der Waals surface area contributed by atoms with E-state index in [1.54, 1.807) is 4.90 Å². The minimum absolute atomic E-state index is 0.0589. The van der Waals surface area contributed by atoms with Gasteiger partial charge in [0.25, 0.3) is 5.91 Å². The van der Waals surface area contributed by atoms with Crippen molar-refractivity contribution >= 4 is 34.0 Å². The van der Waals surface area contributed by atoms with Gasteiger partial charge in [-0.2, -0.15) is 0 Å². The Labute approximate surface area is 181 Å². The van der Waals surface area contributed by atoms with Gasteiger partial charge in [0, 0.05) is 54.3 Å². The number of halogens is 1. The van der Waals surface area contributed by atoms with Crippen LogP contribution in [0.15, 0.2) is 66.2 Å². The Morgan fingerprint density at radius 1 is 1.27 bits per heavy atom. The number of hydrogen-bond acceptors (Lipinski definition) is 3. The van der Waals surface area contributed by atoms with Crippen LogP contribution >= 0.6 is 11.6 Å². The summed E-state index contributed by atoms with van der Waals surface area (Å²) in [4.78, 5) is 20.4. The van der Waals surface area contributed by atoms with Crippen LogP contribution in [-0.2, 0) is 4.79 Å². The van der Waals surface area contributed by atoms with Crippen LogP contribution in [0.1, 0.15) is 25.3 Å². The molecule has 1 amide bonds. The lowest BCUT2D eigenvalue weighted by molar-refractivity contribution is -0.127. The summed E-state index contributed by atoms with van der Waals surface area (Å²) in [6.45, 7) is 4.77. The van der Waals surface area contributed by atoms with E-state index in [4.69, 9.17) is 11.6 Å². The zero-order valence-corrected chi connectivity index (χ0v) is 17.7. The molecule has 4 heterocycles. The molecule has 154 valence electrons. The Morgan fingerprint density at radius 2 is 2.17 bits per heavy atom. The number of allylic oxidation sites excluding steroid dienone is 3. The Hall–Kier alpha value is -2.76. The molecule has 2 N–H and O–H groups in total. The lowest BCUT2D eigenvalue weighted by atomic mass is 9.98. The number of para-hydroxylation sites is 1. The second kappa shape index (κ2) is 7.82. The largest absolute Gasteiger partial charge is 0.365 e. The maximum atomic E-state index is 12.9. The number of hydrogen-bond donors (Lipinski definition) is 2. The van der Waals surface area contributed by atoms with Gasteiger partial charge in [0.1, 0.15) is 6.17 Å². The molecular formula is C24H25ClN4O. The minimum Gasteiger partial charge on any atom is -0.365 e. The monoisotopic (exact) mass is 420 g/mol. The molecule has 1 unspecified atom stereocenters. The van der Waals surface area contributed by atoms with E-state index in [1.165, 1.54) is 16.5 Å². The highest BCUT2D eigenvalue weighted by Crippen LogP contribution is 2.32. The number of rotatable bonds is 4. The average Bonchev–Trinajstić information content (AvgIpc) is 3.20. The fourth-order valence-corrected chi connectivity index (χ4v) is 4.77. The van der Waals surface area contributed by atoms with Crippen LogP contribution in [0.4, 0.5) is 0 Å². The predicted molar refractivity (Wildman–Crippen MR) is 122 cm³/mol. The van der Waals surface area contributed by atoms with E-state index in [9.17, 15) is 4.79 Å². The summed E-state index contributed by atoms with van der Waals surface area (Å²) in [5.41, 5.74) is 5.48. The molecule has 0 aliphatic carbocycles. The average molecular weight is 421 g/mol. The van der Waals surface area contributed by atoms with E-state index in [0.29, 0.717) is 0 Å². The summed E-state index contributed by atoms with van der Waals surface area (Å²) in [6, 6.07) is 6.03. The molecule has 0 saturated heterocycles. The number of carbonyl (C=O) groups is 1. The number of amides is 1. The van der Waals surface area contributed by atoms with Crippen LogP contribution < -0.4 is 5.32 Å². The predicted octanol–water partition coefficient (Wildman–Crippen LogP) is 4.42. The Balaban J connectivity index is 1.25. The van der Waals surface area contributed by atoms with Crippen LogP contribution in [0.2, 0.25) is 5.02 Å². The first-order valence-electron chi connectivity index (χ1n) is 10.4. The molecule has 5 nitrogen and oxygen atoms in total. The second-order valence-electron chi connectivity index (χ2n) is 8.03. The van der Waals surface area contributed by atoms with Gasteiger partial charge < -0.3 is 10.3 Å². The summed E-state index contributed by atoms with van der Waals surface area (Å²) < 4.78 is 0. The van der Waals surface area contributed by atoms with Crippen molar-refractivity contribution in [3.63, 3.8) is 0 Å². The van der Waals surface area contributed by atoms with Crippen molar-refractivity contribution < 1.29 is 4.79 Å². The Morgan fingerprint density at radius 3 is 3.00 bits per heavy atom. The highest BCUT2D eigenvalue weighted by Gasteiger charge is 2.30. The van der Waals surface area contributed by atoms with E-state index in [0.717, 1.165) is 54.3 Å². The van der Waals surface area contributed by atoms with Crippen molar-refractivity contribution in [2.24, 2.45) is 0 Å². The molecular weight excluding hydrogens is 396 g/mol. The first kappa shape index (κ1) is 19.2. The van der Waals surface area contributed by atoms with Crippen LogP contribution in [0.25, 0.3) is 16.5 Å². The summed E-state index contributed by atoms with van der Waals surface area (Å²) in [7, 11) is 0. The van der Waals surface area contributed by atoms with E-state index in [1.807, 2.05) is 43.5 Å². The van der Waals surface area contributed by atoms with Crippen molar-refractivity contribution in [1.82, 2.24) is 20.1 Å². The normalized spacial score (nSPS) is 21.8. The van der Waals surface area contributed by atoms with Gasteiger partial charge in [0.2, 0.25) is 0 Å². The van der Waals surface area contributed by atoms with Gasteiger partial charge in [0.05, 0.1) is 10.5 Å². The van der Waals surface area contributed by atoms with Crippen LogP contribution in [0.5, 0.6) is 0 Å². The molecule has 3 aliphatic rings. The first-order chi connectivity index (χ1) is 14.6. The van der Waals surface area contributed by atoms with E-state index >= 15 is 0 Å². The quantitative estimate of drug-likeness (QED) is 0.770. The van der Waals surface area contributed by atoms with Crippen LogP contribution in [0, 0.1) is 0 Å². The van der Waals surface area contributed by atoms with Gasteiger partial charge in [0.15, 0.2) is 0 Å². The Bertz CT molecular complexity index is 1120. The molecule has 0 spiro atoms. The van der Waals surface area contributed by atoms with Gasteiger partial charge in [-0.05, 0) is 43.6 Å². The number of nitrogens with one attached hydrogen (secondary N) is 2. The number of H-pyrrole nitrogens is 1. The molecule has 0 radical (unpaired) electrons. The maximum Gasteiger partial charge on any atom is 0.257 e. The maximum absolute atomic E-state index is 12.9. The molecule has 1 aromatic heterocycles. The SMILES string of the molecule is CC1=C(CCN2CC=C(c3c[nH]c4c(Cl)cccc34)CC2)C(=O)N2C=CC=CC2N1. The molecule has 30 heavy (non-hydrogen) atoms. The van der Waals surface area contributed by atoms with E-state index in [2.05, 4.69) is 33.5 Å². The highest BCUT2D eigenvalue weighted by molar-refractivity contribution is 6.35. The number of benzene rings is 1. The van der Waals surface area contributed by atoms with Crippen molar-refractivity contribution in [3.8, 4) is 0 Å². The number of carbonyl (C=O) groups excluding carboxylic acids is 1. The molecule has 0 fully saturated rings. The number of fused-ring (bicyclic) bond motifs is 2. The minimum atomic E-state index is -0.0589. The van der Waals surface area contributed by atoms with Crippen LogP contribution in [0.3, 0.4) is 0 Å². The smallest absolute Gasteiger partial charge is 0.257 e. The van der Waals surface area contributed by atoms with E-state index in [-0.39, 0.29) is 12.1 Å². The standard InChI is InChI=1S/C24H25ClN4O/c1-16-18(24(30)29-11-3-2-7-22(29)27-16)10-14-28-12-8-17(9-13-28)20-15-26-23-19(20)5-4-6-21(23)25/h2-8,11,15,22,26-27H,9-10,12-14H2,1H3. The summed E-state index contributed by atoms with van der Waals surface area (Å²) in [5.74, 6) is 0.112. The van der Waals surface area contributed by atoms with E-state index < -0.39 is 0 Å². The fourth-order valence-electron chi connectivity index (χ4n) is 4.54. The highest BCUT2D eigenvalue weighted by atomic mass is 35.5. The molecule has 5 rings (SSSR count). The lowest BCUT2D eigenvalue weighted by Gasteiger charge is -2.36. The molecule has 2 aromatic rings. The number of nitrogens with zero attached hydrogens (tertiary/aromatic N) is 2. The van der Waals surface area contributed by atoms with Crippen LogP contribution in [-0.4, -0.2) is 46.5 Å². The topological polar surface area (TPSA) is 51.4 Å². The third-order valence-corrected chi connectivity index (χ3v) is 6.56. The number of aromatic nitrogens is 1. The second-order valence-corrected chi connectivity index (χ2v) is 8.43. The number of aromatic amines is 1. The zero-order valence-electron chi connectivity index (χ0n) is 17.0. The third kappa shape index (κ3) is 3.38. The molecule has 0 bridgehead atoms. The summed E-state index contributed by atoms with van der Waals surface area (Å²) >= 11 is 6.31. The molecule has 1 atom stereocenters. The third-order valence-electron chi connectivity index (χ3n) is 6.24. The molecule has 3 aliphatic heterocycles. The summed E-state index contributed by atoms with van der Waals surface area (Å²) in [6.07, 6.45) is 13.8. The molecule has 1 aromatic carbocycles. The van der Waals surface area contributed by atoms with Crippen molar-refractivity contribution in [3.05, 3.63) is 76.8 Å². The van der Waals surface area contributed by atoms with Gasteiger partial charge in [-0.15, -0.1) is 0 Å². The lowest BCUT2D eigenvalue weighted by Crippen LogP contribution is -2.50. The van der Waals surface area contributed by atoms with Gasteiger partial charge in [-0.1, -0.05) is 35.9 Å². The fraction of sp³-hybridized carbons (Fsp3) is 0.292. The Kier molecular flexibility index (Phi) is 5.01.